The Kier molecular flexibility index (Phi) is 5.67. The van der Waals surface area contributed by atoms with E-state index in [9.17, 15) is 0 Å². The first-order chi connectivity index (χ1) is 12.1. The molecular weight excluding hydrogens is 300 g/mol. The summed E-state index contributed by atoms with van der Waals surface area (Å²) in [6, 6.07) is 14.3. The van der Waals surface area contributed by atoms with E-state index in [0.29, 0.717) is 0 Å². The van der Waals surface area contributed by atoms with E-state index in [1.54, 1.807) is 11.1 Å². The normalized spacial score (nSPS) is 14.4. The fourth-order valence-corrected chi connectivity index (χ4v) is 4.74. The van der Waals surface area contributed by atoms with Gasteiger partial charge in [-0.1, -0.05) is 99.9 Å². The molecule has 3 rings (SSSR count). The number of rotatable bonds is 8. The Morgan fingerprint density at radius 1 is 0.640 bits per heavy atom. The van der Waals surface area contributed by atoms with Crippen LogP contribution in [0.3, 0.4) is 0 Å². The SMILES string of the molecule is CCCCCC1(CCCCC)c2cc(C)ccc2-c2ccc(C)cc21. The minimum Gasteiger partial charge on any atom is -0.0654 e. The third-order valence-electron chi connectivity index (χ3n) is 6.09. The van der Waals surface area contributed by atoms with Gasteiger partial charge < -0.3 is 0 Å². The fourth-order valence-electron chi connectivity index (χ4n) is 4.74. The second-order valence-corrected chi connectivity index (χ2v) is 8.09. The van der Waals surface area contributed by atoms with Crippen LogP contribution in [0.15, 0.2) is 36.4 Å². The second kappa shape index (κ2) is 7.77. The van der Waals surface area contributed by atoms with E-state index in [1.807, 2.05) is 0 Å². The molecular formula is C25H34. The number of fused-ring (bicyclic) bond motifs is 3. The zero-order valence-electron chi connectivity index (χ0n) is 16.6. The lowest BCUT2D eigenvalue weighted by Crippen LogP contribution is -2.25. The molecule has 0 unspecified atom stereocenters. The number of benzene rings is 2. The summed E-state index contributed by atoms with van der Waals surface area (Å²) >= 11 is 0. The first-order valence-corrected chi connectivity index (χ1v) is 10.3. The highest BCUT2D eigenvalue weighted by Gasteiger charge is 2.42. The van der Waals surface area contributed by atoms with E-state index in [0.717, 1.165) is 0 Å². The lowest BCUT2D eigenvalue weighted by atomic mass is 9.70. The van der Waals surface area contributed by atoms with E-state index in [2.05, 4.69) is 64.1 Å². The van der Waals surface area contributed by atoms with Gasteiger partial charge >= 0.3 is 0 Å². The van der Waals surface area contributed by atoms with Gasteiger partial charge in [0.1, 0.15) is 0 Å². The maximum Gasteiger partial charge on any atom is 0.0215 e. The molecule has 0 nitrogen and oxygen atoms in total. The van der Waals surface area contributed by atoms with Crippen LogP contribution in [0, 0.1) is 13.8 Å². The summed E-state index contributed by atoms with van der Waals surface area (Å²) in [7, 11) is 0. The summed E-state index contributed by atoms with van der Waals surface area (Å²) in [5.41, 5.74) is 9.26. The highest BCUT2D eigenvalue weighted by molar-refractivity contribution is 5.81. The maximum atomic E-state index is 2.49. The third-order valence-corrected chi connectivity index (χ3v) is 6.09. The highest BCUT2D eigenvalue weighted by atomic mass is 14.4. The van der Waals surface area contributed by atoms with Gasteiger partial charge in [-0.3, -0.25) is 0 Å². The topological polar surface area (TPSA) is 0 Å². The largest absolute Gasteiger partial charge is 0.0654 e. The second-order valence-electron chi connectivity index (χ2n) is 8.09. The van der Waals surface area contributed by atoms with Crippen LogP contribution < -0.4 is 0 Å². The predicted molar refractivity (Wildman–Crippen MR) is 110 cm³/mol. The Morgan fingerprint density at radius 2 is 1.08 bits per heavy atom. The van der Waals surface area contributed by atoms with E-state index in [1.165, 1.54) is 73.6 Å². The predicted octanol–water partition coefficient (Wildman–Crippen LogP) is 7.73. The van der Waals surface area contributed by atoms with Gasteiger partial charge in [-0.15, -0.1) is 0 Å². The molecule has 0 heteroatoms. The summed E-state index contributed by atoms with van der Waals surface area (Å²) in [5.74, 6) is 0. The van der Waals surface area contributed by atoms with Crippen LogP contribution in [0.5, 0.6) is 0 Å². The Bertz CT molecular complexity index is 659. The van der Waals surface area contributed by atoms with Crippen LogP contribution in [0.25, 0.3) is 11.1 Å². The molecule has 0 saturated carbocycles. The molecule has 0 heterocycles. The molecule has 1 aliphatic rings. The maximum absolute atomic E-state index is 2.49. The highest BCUT2D eigenvalue weighted by Crippen LogP contribution is 2.54. The summed E-state index contributed by atoms with van der Waals surface area (Å²) < 4.78 is 0. The average Bonchev–Trinajstić information content (AvgIpc) is 2.85. The van der Waals surface area contributed by atoms with Gasteiger partial charge in [0, 0.05) is 5.41 Å². The van der Waals surface area contributed by atoms with Crippen LogP contribution in [-0.4, -0.2) is 0 Å². The zero-order valence-corrected chi connectivity index (χ0v) is 16.6. The Hall–Kier alpha value is -1.56. The summed E-state index contributed by atoms with van der Waals surface area (Å²) in [6.45, 7) is 9.12. The van der Waals surface area contributed by atoms with Gasteiger partial charge in [-0.05, 0) is 48.9 Å². The minimum absolute atomic E-state index is 0.243. The summed E-state index contributed by atoms with van der Waals surface area (Å²) in [6.07, 6.45) is 10.6. The van der Waals surface area contributed by atoms with Crippen molar-refractivity contribution in [2.75, 3.05) is 0 Å². The number of hydrogen-bond donors (Lipinski definition) is 0. The van der Waals surface area contributed by atoms with Gasteiger partial charge in [0.05, 0.1) is 0 Å². The first-order valence-electron chi connectivity index (χ1n) is 10.3. The molecule has 0 saturated heterocycles. The Morgan fingerprint density at radius 3 is 1.48 bits per heavy atom. The number of aryl methyl sites for hydroxylation is 2. The molecule has 0 spiro atoms. The molecule has 0 fully saturated rings. The van der Waals surface area contributed by atoms with Crippen molar-refractivity contribution in [1.29, 1.82) is 0 Å². The van der Waals surface area contributed by atoms with Crippen molar-refractivity contribution in [2.45, 2.75) is 84.5 Å². The van der Waals surface area contributed by atoms with E-state index in [4.69, 9.17) is 0 Å². The zero-order chi connectivity index (χ0) is 17.9. The van der Waals surface area contributed by atoms with Gasteiger partial charge in [0.2, 0.25) is 0 Å². The molecule has 134 valence electrons. The molecule has 0 bridgehead atoms. The third kappa shape index (κ3) is 3.41. The lowest BCUT2D eigenvalue weighted by Gasteiger charge is -2.33. The molecule has 2 aromatic carbocycles. The molecule has 0 N–H and O–H groups in total. The van der Waals surface area contributed by atoms with Crippen molar-refractivity contribution in [3.8, 4) is 11.1 Å². The van der Waals surface area contributed by atoms with Crippen molar-refractivity contribution >= 4 is 0 Å². The van der Waals surface area contributed by atoms with E-state index >= 15 is 0 Å². The van der Waals surface area contributed by atoms with Crippen molar-refractivity contribution < 1.29 is 0 Å². The molecule has 2 aromatic rings. The number of unbranched alkanes of at least 4 members (excludes halogenated alkanes) is 4. The molecule has 25 heavy (non-hydrogen) atoms. The van der Waals surface area contributed by atoms with Crippen LogP contribution >= 0.6 is 0 Å². The minimum atomic E-state index is 0.243. The Labute approximate surface area is 154 Å². The molecule has 0 aromatic heterocycles. The van der Waals surface area contributed by atoms with Crippen LogP contribution in [-0.2, 0) is 5.41 Å². The van der Waals surface area contributed by atoms with Gasteiger partial charge in [0.25, 0.3) is 0 Å². The van der Waals surface area contributed by atoms with E-state index < -0.39 is 0 Å². The van der Waals surface area contributed by atoms with Crippen molar-refractivity contribution in [1.82, 2.24) is 0 Å². The molecule has 1 aliphatic carbocycles. The van der Waals surface area contributed by atoms with Gasteiger partial charge in [-0.25, -0.2) is 0 Å². The van der Waals surface area contributed by atoms with Crippen molar-refractivity contribution in [3.05, 3.63) is 58.7 Å². The lowest BCUT2D eigenvalue weighted by molar-refractivity contribution is 0.405. The van der Waals surface area contributed by atoms with Crippen molar-refractivity contribution in [2.24, 2.45) is 0 Å². The van der Waals surface area contributed by atoms with Crippen LogP contribution in [0.2, 0.25) is 0 Å². The molecule has 0 radical (unpaired) electrons. The average molecular weight is 335 g/mol. The van der Waals surface area contributed by atoms with E-state index in [-0.39, 0.29) is 5.41 Å². The quantitative estimate of drug-likeness (QED) is 0.433. The molecule has 0 atom stereocenters. The van der Waals surface area contributed by atoms with Gasteiger partial charge in [-0.2, -0.15) is 0 Å². The first kappa shape index (κ1) is 18.2. The number of hydrogen-bond acceptors (Lipinski definition) is 0. The summed E-state index contributed by atoms with van der Waals surface area (Å²) in [4.78, 5) is 0. The van der Waals surface area contributed by atoms with Crippen molar-refractivity contribution in [3.63, 3.8) is 0 Å². The monoisotopic (exact) mass is 334 g/mol. The Balaban J connectivity index is 2.13. The summed E-state index contributed by atoms with van der Waals surface area (Å²) in [5, 5.41) is 0. The van der Waals surface area contributed by atoms with Crippen LogP contribution in [0.1, 0.15) is 87.5 Å². The van der Waals surface area contributed by atoms with Crippen LogP contribution in [0.4, 0.5) is 0 Å². The smallest absolute Gasteiger partial charge is 0.0215 e. The molecule has 0 amide bonds. The standard InChI is InChI=1S/C25H34/c1-5-7-9-15-25(16-10-8-6-2)23-17-19(3)11-13-21(23)22-14-12-20(4)18-24(22)25/h11-14,17-18H,5-10,15-16H2,1-4H3. The fraction of sp³-hybridized carbons (Fsp3) is 0.520. The molecule has 0 aliphatic heterocycles. The van der Waals surface area contributed by atoms with Gasteiger partial charge in [0.15, 0.2) is 0 Å².